The Bertz CT molecular complexity index is 359. The lowest BCUT2D eigenvalue weighted by molar-refractivity contribution is 0.120. The number of aromatic nitrogens is 1. The average molecular weight is 218 g/mol. The number of hydrogen-bond acceptors (Lipinski definition) is 3. The van der Waals surface area contributed by atoms with Crippen LogP contribution >= 0.6 is 0 Å². The molecule has 0 spiro atoms. The molecule has 0 bridgehead atoms. The molecule has 0 radical (unpaired) electrons. The average Bonchev–Trinajstić information content (AvgIpc) is 3.05. The van der Waals surface area contributed by atoms with Crippen LogP contribution in [-0.2, 0) is 6.54 Å². The van der Waals surface area contributed by atoms with E-state index in [1.807, 2.05) is 12.3 Å². The quantitative estimate of drug-likeness (QED) is 0.823. The summed E-state index contributed by atoms with van der Waals surface area (Å²) in [6.45, 7) is 0.868. The molecule has 0 amide bonds. The first-order valence-corrected chi connectivity index (χ1v) is 6.25. The van der Waals surface area contributed by atoms with Crippen LogP contribution in [0.2, 0.25) is 0 Å². The molecule has 86 valence electrons. The summed E-state index contributed by atoms with van der Waals surface area (Å²) < 4.78 is 5.85. The third-order valence-electron chi connectivity index (χ3n) is 3.29. The van der Waals surface area contributed by atoms with Gasteiger partial charge in [-0.15, -0.1) is 0 Å². The van der Waals surface area contributed by atoms with Gasteiger partial charge in [0.2, 0.25) is 0 Å². The molecule has 2 aliphatic carbocycles. The van der Waals surface area contributed by atoms with E-state index in [0.717, 1.165) is 24.0 Å². The van der Waals surface area contributed by atoms with E-state index in [2.05, 4.69) is 16.4 Å². The van der Waals surface area contributed by atoms with Gasteiger partial charge in [-0.05, 0) is 38.2 Å². The number of nitrogens with zero attached hydrogens (tertiary/aromatic N) is 1. The van der Waals surface area contributed by atoms with Gasteiger partial charge in [0.05, 0.1) is 11.8 Å². The fourth-order valence-corrected chi connectivity index (χ4v) is 1.84. The van der Waals surface area contributed by atoms with Crippen molar-refractivity contribution >= 4 is 0 Å². The standard InChI is InChI=1S/C13H18N2O/c1-2-12(3-1)16-13-6-7-14-11(8-13)9-15-10-4-5-10/h6-8,10,12,15H,1-5,9H2. The summed E-state index contributed by atoms with van der Waals surface area (Å²) in [4.78, 5) is 4.35. The highest BCUT2D eigenvalue weighted by Gasteiger charge is 2.21. The van der Waals surface area contributed by atoms with Crippen LogP contribution in [0.3, 0.4) is 0 Å². The molecule has 1 aromatic rings. The molecule has 0 atom stereocenters. The van der Waals surface area contributed by atoms with E-state index in [0.29, 0.717) is 6.10 Å². The smallest absolute Gasteiger partial charge is 0.123 e. The molecule has 1 N–H and O–H groups in total. The van der Waals surface area contributed by atoms with E-state index in [9.17, 15) is 0 Å². The van der Waals surface area contributed by atoms with Crippen molar-refractivity contribution in [1.29, 1.82) is 0 Å². The van der Waals surface area contributed by atoms with Gasteiger partial charge in [0.1, 0.15) is 5.75 Å². The third-order valence-corrected chi connectivity index (χ3v) is 3.29. The zero-order chi connectivity index (χ0) is 10.8. The van der Waals surface area contributed by atoms with Crippen LogP contribution in [0.1, 0.15) is 37.8 Å². The molecule has 0 saturated heterocycles. The Morgan fingerprint density at radius 1 is 1.31 bits per heavy atom. The Kier molecular flexibility index (Phi) is 2.79. The monoisotopic (exact) mass is 218 g/mol. The summed E-state index contributed by atoms with van der Waals surface area (Å²) in [5.41, 5.74) is 1.09. The van der Waals surface area contributed by atoms with Gasteiger partial charge in [0, 0.05) is 24.8 Å². The second-order valence-corrected chi connectivity index (χ2v) is 4.81. The molecule has 0 aromatic carbocycles. The molecule has 0 unspecified atom stereocenters. The SMILES string of the molecule is c1cc(OC2CCC2)cc(CNC2CC2)n1. The molecule has 2 fully saturated rings. The number of hydrogen-bond donors (Lipinski definition) is 1. The van der Waals surface area contributed by atoms with Crippen LogP contribution in [0.15, 0.2) is 18.3 Å². The molecule has 2 saturated carbocycles. The minimum atomic E-state index is 0.451. The molecule has 0 aliphatic heterocycles. The van der Waals surface area contributed by atoms with Crippen LogP contribution in [0.5, 0.6) is 5.75 Å². The molecule has 1 heterocycles. The molecule has 2 aliphatic rings. The first-order chi connectivity index (χ1) is 7.90. The molecule has 1 aromatic heterocycles. The molecule has 16 heavy (non-hydrogen) atoms. The first kappa shape index (κ1) is 10.1. The third kappa shape index (κ3) is 2.53. The zero-order valence-electron chi connectivity index (χ0n) is 9.48. The maximum atomic E-state index is 5.85. The predicted octanol–water partition coefficient (Wildman–Crippen LogP) is 2.26. The summed E-state index contributed by atoms with van der Waals surface area (Å²) in [6.07, 6.45) is 8.66. The summed E-state index contributed by atoms with van der Waals surface area (Å²) >= 11 is 0. The van der Waals surface area contributed by atoms with Crippen molar-refractivity contribution in [3.8, 4) is 5.75 Å². The predicted molar refractivity (Wildman–Crippen MR) is 62.4 cm³/mol. The second kappa shape index (κ2) is 4.42. The Hall–Kier alpha value is -1.09. The van der Waals surface area contributed by atoms with Crippen molar-refractivity contribution in [3.05, 3.63) is 24.0 Å². The topological polar surface area (TPSA) is 34.1 Å². The Balaban J connectivity index is 1.57. The van der Waals surface area contributed by atoms with Gasteiger partial charge in [-0.25, -0.2) is 0 Å². The van der Waals surface area contributed by atoms with Crippen molar-refractivity contribution in [3.63, 3.8) is 0 Å². The van der Waals surface area contributed by atoms with Crippen molar-refractivity contribution in [2.24, 2.45) is 0 Å². The van der Waals surface area contributed by atoms with Gasteiger partial charge in [-0.3, -0.25) is 4.98 Å². The van der Waals surface area contributed by atoms with Crippen LogP contribution in [0.25, 0.3) is 0 Å². The summed E-state index contributed by atoms with van der Waals surface area (Å²) in [7, 11) is 0. The van der Waals surface area contributed by atoms with Gasteiger partial charge in [-0.1, -0.05) is 0 Å². The first-order valence-electron chi connectivity index (χ1n) is 6.25. The highest BCUT2D eigenvalue weighted by atomic mass is 16.5. The molecule has 3 nitrogen and oxygen atoms in total. The minimum Gasteiger partial charge on any atom is -0.490 e. The van der Waals surface area contributed by atoms with E-state index in [-0.39, 0.29) is 0 Å². The molecule has 3 heteroatoms. The maximum Gasteiger partial charge on any atom is 0.123 e. The summed E-state index contributed by atoms with van der Waals surface area (Å²) in [5, 5.41) is 3.46. The largest absolute Gasteiger partial charge is 0.490 e. The Morgan fingerprint density at radius 3 is 2.88 bits per heavy atom. The van der Waals surface area contributed by atoms with E-state index in [1.54, 1.807) is 0 Å². The number of nitrogens with one attached hydrogen (secondary N) is 1. The van der Waals surface area contributed by atoms with Crippen molar-refractivity contribution < 1.29 is 4.74 Å². The maximum absolute atomic E-state index is 5.85. The van der Waals surface area contributed by atoms with Crippen molar-refractivity contribution in [2.45, 2.75) is 50.8 Å². The number of ether oxygens (including phenoxy) is 1. The van der Waals surface area contributed by atoms with E-state index < -0.39 is 0 Å². The molecule has 3 rings (SSSR count). The summed E-state index contributed by atoms with van der Waals surface area (Å²) in [6, 6.07) is 4.75. The number of pyridine rings is 1. The van der Waals surface area contributed by atoms with Gasteiger partial charge in [-0.2, -0.15) is 0 Å². The van der Waals surface area contributed by atoms with E-state index >= 15 is 0 Å². The lowest BCUT2D eigenvalue weighted by atomic mass is 9.96. The van der Waals surface area contributed by atoms with Crippen LogP contribution < -0.4 is 10.1 Å². The second-order valence-electron chi connectivity index (χ2n) is 4.81. The Morgan fingerprint density at radius 2 is 2.19 bits per heavy atom. The normalized spacial score (nSPS) is 20.5. The van der Waals surface area contributed by atoms with Gasteiger partial charge in [0.15, 0.2) is 0 Å². The van der Waals surface area contributed by atoms with Gasteiger partial charge < -0.3 is 10.1 Å². The number of rotatable bonds is 5. The highest BCUT2D eigenvalue weighted by Crippen LogP contribution is 2.25. The lowest BCUT2D eigenvalue weighted by Crippen LogP contribution is -2.24. The van der Waals surface area contributed by atoms with Crippen LogP contribution in [-0.4, -0.2) is 17.1 Å². The fourth-order valence-electron chi connectivity index (χ4n) is 1.84. The van der Waals surface area contributed by atoms with Crippen LogP contribution in [0, 0.1) is 0 Å². The van der Waals surface area contributed by atoms with Crippen molar-refractivity contribution in [1.82, 2.24) is 10.3 Å². The Labute approximate surface area is 96.2 Å². The molecular formula is C13H18N2O. The van der Waals surface area contributed by atoms with Gasteiger partial charge >= 0.3 is 0 Å². The summed E-state index contributed by atoms with van der Waals surface area (Å²) in [5.74, 6) is 0.979. The fraction of sp³-hybridized carbons (Fsp3) is 0.615. The lowest BCUT2D eigenvalue weighted by Gasteiger charge is -2.26. The molecular weight excluding hydrogens is 200 g/mol. The highest BCUT2D eigenvalue weighted by molar-refractivity contribution is 5.23. The van der Waals surface area contributed by atoms with E-state index in [1.165, 1.54) is 32.1 Å². The van der Waals surface area contributed by atoms with Crippen molar-refractivity contribution in [2.75, 3.05) is 0 Å². The minimum absolute atomic E-state index is 0.451. The van der Waals surface area contributed by atoms with Gasteiger partial charge in [0.25, 0.3) is 0 Å². The van der Waals surface area contributed by atoms with Crippen LogP contribution in [0.4, 0.5) is 0 Å². The van der Waals surface area contributed by atoms with E-state index in [4.69, 9.17) is 4.74 Å². The zero-order valence-corrected chi connectivity index (χ0v) is 9.48.